The van der Waals surface area contributed by atoms with Crippen LogP contribution in [0.2, 0.25) is 0 Å². The van der Waals surface area contributed by atoms with Crippen molar-refractivity contribution in [2.75, 3.05) is 32.7 Å². The van der Waals surface area contributed by atoms with Gasteiger partial charge in [-0.2, -0.15) is 13.2 Å². The molecule has 122 valence electrons. The molecule has 1 saturated heterocycles. The van der Waals surface area contributed by atoms with Gasteiger partial charge in [0.25, 0.3) is 0 Å². The Labute approximate surface area is 120 Å². The topological polar surface area (TPSA) is 72.9 Å². The Balaban J connectivity index is 2.39. The third-order valence-corrected chi connectivity index (χ3v) is 3.30. The molecule has 0 aromatic carbocycles. The van der Waals surface area contributed by atoms with Crippen LogP contribution in [0, 0.1) is 0 Å². The molecule has 0 spiro atoms. The Hall–Kier alpha value is -1.51. The smallest absolute Gasteiger partial charge is 0.401 e. The van der Waals surface area contributed by atoms with E-state index in [2.05, 4.69) is 5.32 Å². The second-order valence-corrected chi connectivity index (χ2v) is 5.03. The highest BCUT2D eigenvalue weighted by molar-refractivity contribution is 5.76. The van der Waals surface area contributed by atoms with E-state index in [9.17, 15) is 22.8 Å². The standard InChI is InChI=1S/C12H20F3N3O3/c1-2-9(7-10(19)20)16-11(21)18-5-3-17(4-6-18)8-12(13,14)15/h9H,2-8H2,1H3,(H,16,21)(H,19,20). The van der Waals surface area contributed by atoms with Crippen molar-refractivity contribution in [3.8, 4) is 0 Å². The Morgan fingerprint density at radius 1 is 1.24 bits per heavy atom. The van der Waals surface area contributed by atoms with E-state index in [0.29, 0.717) is 6.42 Å². The van der Waals surface area contributed by atoms with E-state index < -0.39 is 30.8 Å². The zero-order valence-electron chi connectivity index (χ0n) is 11.8. The van der Waals surface area contributed by atoms with Crippen LogP contribution >= 0.6 is 0 Å². The van der Waals surface area contributed by atoms with Crippen LogP contribution in [-0.2, 0) is 4.79 Å². The van der Waals surface area contributed by atoms with Crippen LogP contribution in [0.3, 0.4) is 0 Å². The number of carboxylic acids is 1. The van der Waals surface area contributed by atoms with Gasteiger partial charge in [0.2, 0.25) is 0 Å². The molecule has 1 aliphatic rings. The quantitative estimate of drug-likeness (QED) is 0.798. The molecule has 1 unspecified atom stereocenters. The van der Waals surface area contributed by atoms with Gasteiger partial charge >= 0.3 is 18.2 Å². The number of halogens is 3. The number of nitrogens with zero attached hydrogens (tertiary/aromatic N) is 2. The van der Waals surface area contributed by atoms with Crippen LogP contribution in [0.1, 0.15) is 19.8 Å². The predicted molar refractivity (Wildman–Crippen MR) is 68.9 cm³/mol. The maximum Gasteiger partial charge on any atom is 0.401 e. The van der Waals surface area contributed by atoms with Crippen LogP contribution < -0.4 is 5.32 Å². The van der Waals surface area contributed by atoms with Crippen molar-refractivity contribution >= 4 is 12.0 Å². The van der Waals surface area contributed by atoms with Crippen molar-refractivity contribution in [1.82, 2.24) is 15.1 Å². The van der Waals surface area contributed by atoms with Gasteiger partial charge in [-0.25, -0.2) is 4.79 Å². The molecule has 0 bridgehead atoms. The van der Waals surface area contributed by atoms with Crippen molar-refractivity contribution < 1.29 is 27.9 Å². The molecule has 6 nitrogen and oxygen atoms in total. The van der Waals surface area contributed by atoms with Gasteiger partial charge in [0.1, 0.15) is 0 Å². The summed E-state index contributed by atoms with van der Waals surface area (Å²) in [5.74, 6) is -1.00. The average molecular weight is 311 g/mol. The normalized spacial score (nSPS) is 18.4. The summed E-state index contributed by atoms with van der Waals surface area (Å²) in [6.45, 7) is 1.50. The summed E-state index contributed by atoms with van der Waals surface area (Å²) in [4.78, 5) is 25.2. The molecular formula is C12H20F3N3O3. The third kappa shape index (κ3) is 6.65. The summed E-state index contributed by atoms with van der Waals surface area (Å²) in [7, 11) is 0. The maximum atomic E-state index is 12.2. The highest BCUT2D eigenvalue weighted by atomic mass is 19.4. The van der Waals surface area contributed by atoms with Crippen LogP contribution in [0.15, 0.2) is 0 Å². The molecule has 9 heteroatoms. The van der Waals surface area contributed by atoms with E-state index in [4.69, 9.17) is 5.11 Å². The highest BCUT2D eigenvalue weighted by Gasteiger charge is 2.33. The van der Waals surface area contributed by atoms with Crippen molar-refractivity contribution in [3.05, 3.63) is 0 Å². The minimum absolute atomic E-state index is 0.155. The first kappa shape index (κ1) is 17.5. The number of carbonyl (C=O) groups is 2. The minimum atomic E-state index is -4.24. The first-order valence-electron chi connectivity index (χ1n) is 6.77. The molecule has 0 aromatic heterocycles. The van der Waals surface area contributed by atoms with Crippen molar-refractivity contribution in [3.63, 3.8) is 0 Å². The number of hydrogen-bond donors (Lipinski definition) is 2. The lowest BCUT2D eigenvalue weighted by molar-refractivity contribution is -0.148. The van der Waals surface area contributed by atoms with E-state index in [1.54, 1.807) is 6.92 Å². The summed E-state index contributed by atoms with van der Waals surface area (Å²) >= 11 is 0. The van der Waals surface area contributed by atoms with Gasteiger partial charge in [-0.15, -0.1) is 0 Å². The number of carbonyl (C=O) groups excluding carboxylic acids is 1. The number of amides is 2. The molecule has 2 amide bonds. The fourth-order valence-electron chi connectivity index (χ4n) is 2.14. The molecule has 0 aromatic rings. The molecule has 1 heterocycles. The zero-order valence-corrected chi connectivity index (χ0v) is 11.8. The monoisotopic (exact) mass is 311 g/mol. The van der Waals surface area contributed by atoms with E-state index in [1.165, 1.54) is 9.80 Å². The minimum Gasteiger partial charge on any atom is -0.481 e. The van der Waals surface area contributed by atoms with Gasteiger partial charge < -0.3 is 15.3 Å². The molecule has 1 aliphatic heterocycles. The molecule has 0 saturated carbocycles. The second kappa shape index (κ2) is 7.48. The number of carboxylic acid groups (broad SMARTS) is 1. The van der Waals surface area contributed by atoms with Crippen LogP contribution in [0.5, 0.6) is 0 Å². The van der Waals surface area contributed by atoms with Gasteiger partial charge in [0, 0.05) is 32.2 Å². The fraction of sp³-hybridized carbons (Fsp3) is 0.833. The van der Waals surface area contributed by atoms with Crippen molar-refractivity contribution in [1.29, 1.82) is 0 Å². The summed E-state index contributed by atoms with van der Waals surface area (Å²) in [6, 6.07) is -0.891. The number of piperazine rings is 1. The molecule has 1 fully saturated rings. The van der Waals surface area contributed by atoms with Gasteiger partial charge in [-0.1, -0.05) is 6.92 Å². The molecule has 2 N–H and O–H groups in total. The van der Waals surface area contributed by atoms with Crippen LogP contribution in [0.4, 0.5) is 18.0 Å². The molecule has 0 aliphatic carbocycles. The first-order chi connectivity index (χ1) is 9.71. The van der Waals surface area contributed by atoms with E-state index >= 15 is 0 Å². The highest BCUT2D eigenvalue weighted by Crippen LogP contribution is 2.17. The lowest BCUT2D eigenvalue weighted by Crippen LogP contribution is -2.54. The zero-order chi connectivity index (χ0) is 16.0. The number of rotatable bonds is 5. The molecule has 1 rings (SSSR count). The largest absolute Gasteiger partial charge is 0.481 e. The average Bonchev–Trinajstić information content (AvgIpc) is 2.36. The molecule has 1 atom stereocenters. The Kier molecular flexibility index (Phi) is 6.25. The number of nitrogens with one attached hydrogen (secondary N) is 1. The lowest BCUT2D eigenvalue weighted by atomic mass is 10.1. The Morgan fingerprint density at radius 3 is 2.24 bits per heavy atom. The second-order valence-electron chi connectivity index (χ2n) is 5.03. The van der Waals surface area contributed by atoms with Crippen molar-refractivity contribution in [2.45, 2.75) is 32.0 Å². The summed E-state index contributed by atoms with van der Waals surface area (Å²) in [6.07, 6.45) is -3.93. The molecular weight excluding hydrogens is 291 g/mol. The fourth-order valence-corrected chi connectivity index (χ4v) is 2.14. The summed E-state index contributed by atoms with van der Waals surface area (Å²) < 4.78 is 36.7. The van der Waals surface area contributed by atoms with E-state index in [-0.39, 0.29) is 32.6 Å². The Bertz CT molecular complexity index is 368. The SMILES string of the molecule is CCC(CC(=O)O)NC(=O)N1CCN(CC(F)(F)F)CC1. The lowest BCUT2D eigenvalue weighted by Gasteiger charge is -2.35. The number of hydrogen-bond acceptors (Lipinski definition) is 3. The van der Waals surface area contributed by atoms with E-state index in [1.807, 2.05) is 0 Å². The molecule has 0 radical (unpaired) electrons. The third-order valence-electron chi connectivity index (χ3n) is 3.30. The number of aliphatic carboxylic acids is 1. The first-order valence-corrected chi connectivity index (χ1v) is 6.77. The maximum absolute atomic E-state index is 12.2. The van der Waals surface area contributed by atoms with Gasteiger partial charge in [-0.05, 0) is 6.42 Å². The summed E-state index contributed by atoms with van der Waals surface area (Å²) in [5.41, 5.74) is 0. The predicted octanol–water partition coefficient (Wildman–Crippen LogP) is 1.13. The Morgan fingerprint density at radius 2 is 1.81 bits per heavy atom. The van der Waals surface area contributed by atoms with Crippen LogP contribution in [0.25, 0.3) is 0 Å². The molecule has 21 heavy (non-hydrogen) atoms. The van der Waals surface area contributed by atoms with Crippen LogP contribution in [-0.4, -0.2) is 71.8 Å². The van der Waals surface area contributed by atoms with Gasteiger partial charge in [0.05, 0.1) is 13.0 Å². The van der Waals surface area contributed by atoms with Gasteiger partial charge in [-0.3, -0.25) is 9.69 Å². The van der Waals surface area contributed by atoms with Crippen molar-refractivity contribution in [2.24, 2.45) is 0 Å². The van der Waals surface area contributed by atoms with E-state index in [0.717, 1.165) is 0 Å². The number of urea groups is 1. The van der Waals surface area contributed by atoms with Gasteiger partial charge in [0.15, 0.2) is 0 Å². The summed E-state index contributed by atoms with van der Waals surface area (Å²) in [5, 5.41) is 11.3. The number of alkyl halides is 3.